The van der Waals surface area contributed by atoms with E-state index in [9.17, 15) is 14.7 Å². The van der Waals surface area contributed by atoms with Crippen LogP contribution in [0.3, 0.4) is 0 Å². The van der Waals surface area contributed by atoms with Gasteiger partial charge in [0.15, 0.2) is 0 Å². The van der Waals surface area contributed by atoms with E-state index in [0.717, 1.165) is 22.1 Å². The van der Waals surface area contributed by atoms with Crippen molar-refractivity contribution >= 4 is 23.2 Å². The van der Waals surface area contributed by atoms with Gasteiger partial charge in [0.05, 0.1) is 12.5 Å². The molecular formula is C17H14O5. The second kappa shape index (κ2) is 5.18. The molecule has 2 aromatic heterocycles. The number of carbonyl (C=O) groups excluding carboxylic acids is 1. The summed E-state index contributed by atoms with van der Waals surface area (Å²) in [6, 6.07) is 9.20. The Kier molecular flexibility index (Phi) is 3.33. The summed E-state index contributed by atoms with van der Waals surface area (Å²) in [6.07, 6.45) is 3.53. The van der Waals surface area contributed by atoms with Crippen LogP contribution in [0.15, 0.2) is 51.7 Å². The number of para-hydroxylation sites is 1. The fourth-order valence-electron chi connectivity index (χ4n) is 2.43. The van der Waals surface area contributed by atoms with E-state index >= 15 is 0 Å². The second-order valence-electron chi connectivity index (χ2n) is 5.35. The zero-order chi connectivity index (χ0) is 15.7. The van der Waals surface area contributed by atoms with Gasteiger partial charge < -0.3 is 18.7 Å². The lowest BCUT2D eigenvalue weighted by Crippen LogP contribution is -2.32. The molecule has 112 valence electrons. The Morgan fingerprint density at radius 2 is 2.05 bits per heavy atom. The van der Waals surface area contributed by atoms with Crippen molar-refractivity contribution in [2.75, 3.05) is 0 Å². The molecule has 0 saturated carbocycles. The van der Waals surface area contributed by atoms with E-state index in [4.69, 9.17) is 8.83 Å². The highest BCUT2D eigenvalue weighted by Crippen LogP contribution is 2.36. The molecule has 5 nitrogen and oxygen atoms in total. The van der Waals surface area contributed by atoms with Crippen LogP contribution < -0.4 is 0 Å². The molecular weight excluding hydrogens is 284 g/mol. The van der Waals surface area contributed by atoms with Gasteiger partial charge in [0.1, 0.15) is 23.0 Å². The van der Waals surface area contributed by atoms with E-state index in [1.807, 2.05) is 24.3 Å². The van der Waals surface area contributed by atoms with Crippen LogP contribution in [0.25, 0.3) is 22.1 Å². The van der Waals surface area contributed by atoms with Crippen LogP contribution in [0.2, 0.25) is 0 Å². The van der Waals surface area contributed by atoms with Gasteiger partial charge in [0, 0.05) is 22.9 Å². The van der Waals surface area contributed by atoms with Crippen molar-refractivity contribution in [3.8, 4) is 11.1 Å². The van der Waals surface area contributed by atoms with Crippen LogP contribution in [0.5, 0.6) is 0 Å². The molecule has 0 radical (unpaired) electrons. The Bertz CT molecular complexity index is 841. The van der Waals surface area contributed by atoms with Gasteiger partial charge in [-0.15, -0.1) is 0 Å². The average molecular weight is 298 g/mol. The third-order valence-corrected chi connectivity index (χ3v) is 3.90. The van der Waals surface area contributed by atoms with Crippen molar-refractivity contribution in [3.05, 3.63) is 48.6 Å². The summed E-state index contributed by atoms with van der Waals surface area (Å²) in [5.41, 5.74) is 0.913. The molecule has 1 atom stereocenters. The molecule has 0 bridgehead atoms. The smallest absolute Gasteiger partial charge is 0.317 e. The molecule has 0 saturated heterocycles. The van der Waals surface area contributed by atoms with Gasteiger partial charge >= 0.3 is 5.97 Å². The van der Waals surface area contributed by atoms with E-state index in [1.54, 1.807) is 12.3 Å². The van der Waals surface area contributed by atoms with Crippen molar-refractivity contribution in [2.24, 2.45) is 0 Å². The largest absolute Gasteiger partial charge is 0.480 e. The number of carboxylic acid groups (broad SMARTS) is 1. The zero-order valence-corrected chi connectivity index (χ0v) is 11.9. The predicted octanol–water partition coefficient (Wildman–Crippen LogP) is 3.62. The van der Waals surface area contributed by atoms with E-state index in [0.29, 0.717) is 6.29 Å². The summed E-state index contributed by atoms with van der Waals surface area (Å²) < 4.78 is 10.9. The van der Waals surface area contributed by atoms with Crippen LogP contribution in [0, 0.1) is 0 Å². The Morgan fingerprint density at radius 1 is 1.27 bits per heavy atom. The molecule has 0 aliphatic rings. The number of hydrogen-bond donors (Lipinski definition) is 1. The number of furan rings is 2. The molecule has 5 heteroatoms. The third kappa shape index (κ3) is 2.11. The number of aliphatic carboxylic acids is 1. The zero-order valence-electron chi connectivity index (χ0n) is 11.9. The molecule has 1 unspecified atom stereocenters. The number of benzene rings is 1. The summed E-state index contributed by atoms with van der Waals surface area (Å²) >= 11 is 0. The Hall–Kier alpha value is -2.82. The van der Waals surface area contributed by atoms with Gasteiger partial charge in [-0.2, -0.15) is 0 Å². The summed E-state index contributed by atoms with van der Waals surface area (Å²) in [7, 11) is 0. The minimum atomic E-state index is -1.38. The summed E-state index contributed by atoms with van der Waals surface area (Å²) in [6.45, 7) is 1.47. The van der Waals surface area contributed by atoms with E-state index in [1.165, 1.54) is 13.2 Å². The van der Waals surface area contributed by atoms with E-state index < -0.39 is 11.4 Å². The van der Waals surface area contributed by atoms with Gasteiger partial charge in [0.2, 0.25) is 0 Å². The highest BCUT2D eigenvalue weighted by Gasteiger charge is 2.38. The molecule has 22 heavy (non-hydrogen) atoms. The van der Waals surface area contributed by atoms with Crippen molar-refractivity contribution < 1.29 is 23.5 Å². The maximum Gasteiger partial charge on any atom is 0.317 e. The Morgan fingerprint density at radius 3 is 2.77 bits per heavy atom. The van der Waals surface area contributed by atoms with Gasteiger partial charge in [-0.25, -0.2) is 0 Å². The van der Waals surface area contributed by atoms with Crippen LogP contribution in [0.4, 0.5) is 0 Å². The first kappa shape index (κ1) is 14.1. The Balaban J connectivity index is 2.07. The first-order valence-electron chi connectivity index (χ1n) is 6.79. The number of carbonyl (C=O) groups is 2. The highest BCUT2D eigenvalue weighted by atomic mass is 16.4. The molecule has 0 fully saturated rings. The molecule has 1 N–H and O–H groups in total. The molecule has 0 amide bonds. The normalized spacial score (nSPS) is 13.9. The SMILES string of the molecule is CC(CC=O)(C(=O)O)c1cc(-c2coc3ccccc23)co1. The quantitative estimate of drug-likeness (QED) is 0.727. The number of fused-ring (bicyclic) bond motifs is 1. The maximum atomic E-state index is 11.5. The van der Waals surface area contributed by atoms with Crippen molar-refractivity contribution in [1.29, 1.82) is 0 Å². The van der Waals surface area contributed by atoms with Gasteiger partial charge in [0.25, 0.3) is 0 Å². The van der Waals surface area contributed by atoms with Crippen LogP contribution in [-0.4, -0.2) is 17.4 Å². The number of carboxylic acids is 1. The lowest BCUT2D eigenvalue weighted by molar-refractivity contribution is -0.145. The number of hydrogen-bond acceptors (Lipinski definition) is 4. The predicted molar refractivity (Wildman–Crippen MR) is 79.6 cm³/mol. The monoisotopic (exact) mass is 298 g/mol. The molecule has 0 aliphatic carbocycles. The molecule has 0 aliphatic heterocycles. The molecule has 3 rings (SSSR count). The maximum absolute atomic E-state index is 11.5. The lowest BCUT2D eigenvalue weighted by Gasteiger charge is -2.18. The number of aldehydes is 1. The van der Waals surface area contributed by atoms with Gasteiger partial charge in [-0.3, -0.25) is 4.79 Å². The van der Waals surface area contributed by atoms with Gasteiger partial charge in [-0.05, 0) is 19.1 Å². The fraction of sp³-hybridized carbons (Fsp3) is 0.176. The third-order valence-electron chi connectivity index (χ3n) is 3.90. The van der Waals surface area contributed by atoms with Crippen LogP contribution >= 0.6 is 0 Å². The molecule has 2 heterocycles. The average Bonchev–Trinajstić information content (AvgIpc) is 3.13. The first-order valence-corrected chi connectivity index (χ1v) is 6.79. The first-order chi connectivity index (χ1) is 10.6. The van der Waals surface area contributed by atoms with Crippen molar-refractivity contribution in [3.63, 3.8) is 0 Å². The van der Waals surface area contributed by atoms with E-state index in [2.05, 4.69) is 0 Å². The standard InChI is InChI=1S/C17H14O5/c1-17(6-7-18,16(19)20)15-8-11(9-22-15)13-10-21-14-5-3-2-4-12(13)14/h2-5,7-10H,6H2,1H3,(H,19,20). The highest BCUT2D eigenvalue weighted by molar-refractivity contribution is 5.94. The lowest BCUT2D eigenvalue weighted by atomic mass is 9.84. The van der Waals surface area contributed by atoms with Gasteiger partial charge in [-0.1, -0.05) is 18.2 Å². The van der Waals surface area contributed by atoms with E-state index in [-0.39, 0.29) is 12.2 Å². The molecule has 3 aromatic rings. The minimum absolute atomic E-state index is 0.151. The Labute approximate surface area is 126 Å². The second-order valence-corrected chi connectivity index (χ2v) is 5.35. The number of rotatable bonds is 5. The van der Waals surface area contributed by atoms with Crippen molar-refractivity contribution in [2.45, 2.75) is 18.8 Å². The van der Waals surface area contributed by atoms with Crippen LogP contribution in [-0.2, 0) is 15.0 Å². The summed E-state index contributed by atoms with van der Waals surface area (Å²) in [5.74, 6) is -0.857. The van der Waals surface area contributed by atoms with Crippen molar-refractivity contribution in [1.82, 2.24) is 0 Å². The topological polar surface area (TPSA) is 80.7 Å². The summed E-state index contributed by atoms with van der Waals surface area (Å²) in [5, 5.41) is 10.3. The molecule has 1 aromatic carbocycles. The summed E-state index contributed by atoms with van der Waals surface area (Å²) in [4.78, 5) is 22.3. The molecule has 0 spiro atoms. The fourth-order valence-corrected chi connectivity index (χ4v) is 2.43. The van der Waals surface area contributed by atoms with Crippen LogP contribution in [0.1, 0.15) is 19.1 Å². The minimum Gasteiger partial charge on any atom is -0.480 e.